The van der Waals surface area contributed by atoms with E-state index in [0.717, 1.165) is 69.0 Å². The first-order valence-electron chi connectivity index (χ1n) is 14.5. The lowest BCUT2D eigenvalue weighted by atomic mass is 10.1. The van der Waals surface area contributed by atoms with E-state index in [-0.39, 0.29) is 11.8 Å². The van der Waals surface area contributed by atoms with Crippen molar-refractivity contribution < 1.29 is 9.90 Å². The van der Waals surface area contributed by atoms with E-state index < -0.39 is 0 Å². The highest BCUT2D eigenvalue weighted by Crippen LogP contribution is 2.29. The van der Waals surface area contributed by atoms with Gasteiger partial charge in [0, 0.05) is 71.2 Å². The van der Waals surface area contributed by atoms with Crippen LogP contribution in [0, 0.1) is 0 Å². The maximum Gasteiger partial charge on any atom is 0.222 e. The molecule has 0 saturated carbocycles. The van der Waals surface area contributed by atoms with Crippen LogP contribution in [-0.2, 0) is 4.79 Å². The lowest BCUT2D eigenvalue weighted by Gasteiger charge is -2.36. The Labute approximate surface area is 243 Å². The van der Waals surface area contributed by atoms with Crippen LogP contribution >= 0.6 is 0 Å². The van der Waals surface area contributed by atoms with Crippen LogP contribution in [0.15, 0.2) is 47.0 Å². The molecule has 4 rings (SSSR count). The molecule has 0 spiro atoms. The normalized spacial score (nSPS) is 22.0. The van der Waals surface area contributed by atoms with E-state index in [1.54, 1.807) is 11.1 Å². The zero-order chi connectivity index (χ0) is 29.4. The van der Waals surface area contributed by atoms with Gasteiger partial charge in [-0.15, -0.1) is 0 Å². The van der Waals surface area contributed by atoms with Crippen molar-refractivity contribution >= 4 is 29.0 Å². The third-order valence-corrected chi connectivity index (χ3v) is 7.83. The van der Waals surface area contributed by atoms with Crippen LogP contribution < -0.4 is 5.32 Å². The van der Waals surface area contributed by atoms with Crippen LogP contribution in [0.1, 0.15) is 38.2 Å². The summed E-state index contributed by atoms with van der Waals surface area (Å²) in [6, 6.07) is 0. The molecule has 4 heterocycles. The number of hydrogen-bond donors (Lipinski definition) is 3. The zero-order valence-corrected chi connectivity index (χ0v) is 25.0. The van der Waals surface area contributed by atoms with Crippen molar-refractivity contribution in [2.24, 2.45) is 4.99 Å². The van der Waals surface area contributed by atoms with Crippen LogP contribution in [0.4, 0.5) is 5.82 Å². The molecule has 11 nitrogen and oxygen atoms in total. The van der Waals surface area contributed by atoms with Gasteiger partial charge in [0.25, 0.3) is 0 Å². The summed E-state index contributed by atoms with van der Waals surface area (Å²) in [7, 11) is 6.12. The summed E-state index contributed by atoms with van der Waals surface area (Å²) in [4.78, 5) is 37.9. The predicted molar refractivity (Wildman–Crippen MR) is 165 cm³/mol. The number of hydrogen-bond acceptors (Lipinski definition) is 9. The van der Waals surface area contributed by atoms with Gasteiger partial charge in [-0.3, -0.25) is 9.79 Å². The Bertz CT molecular complexity index is 1300. The number of nitrogens with zero attached hydrogens (tertiary/aromatic N) is 7. The molecule has 0 aliphatic carbocycles. The number of anilines is 1. The number of aromatic amines is 1. The number of piperazine rings is 1. The summed E-state index contributed by atoms with van der Waals surface area (Å²) in [5.74, 6) is 0.767. The van der Waals surface area contributed by atoms with Crippen molar-refractivity contribution in [3.63, 3.8) is 0 Å². The van der Waals surface area contributed by atoms with Crippen molar-refractivity contribution in [2.75, 3.05) is 78.8 Å². The van der Waals surface area contributed by atoms with E-state index >= 15 is 0 Å². The Morgan fingerprint density at radius 3 is 2.56 bits per heavy atom. The van der Waals surface area contributed by atoms with Gasteiger partial charge in [0.1, 0.15) is 17.8 Å². The maximum atomic E-state index is 12.7. The average Bonchev–Trinajstić information content (AvgIpc) is 3.29. The van der Waals surface area contributed by atoms with Gasteiger partial charge in [0.05, 0.1) is 16.6 Å². The molecule has 2 aliphatic heterocycles. The molecule has 0 radical (unpaired) electrons. The molecule has 3 N–H and O–H groups in total. The van der Waals surface area contributed by atoms with Crippen LogP contribution in [0.3, 0.4) is 0 Å². The molecule has 41 heavy (non-hydrogen) atoms. The molecule has 2 aromatic heterocycles. The number of likely N-dealkylation sites (N-methyl/N-ethyl adjacent to an activating group) is 2. The summed E-state index contributed by atoms with van der Waals surface area (Å²) in [5, 5.41) is 14.8. The Balaban J connectivity index is 1.68. The molecule has 0 atom stereocenters. The highest BCUT2D eigenvalue weighted by Gasteiger charge is 2.20. The molecular formula is C30H45N9O2. The first kappa shape index (κ1) is 30.3. The fourth-order valence-corrected chi connectivity index (χ4v) is 5.17. The van der Waals surface area contributed by atoms with Crippen LogP contribution in [0.25, 0.3) is 11.0 Å². The Kier molecular flexibility index (Phi) is 10.5. The summed E-state index contributed by atoms with van der Waals surface area (Å²) in [5.41, 5.74) is 3.93. The van der Waals surface area contributed by atoms with Gasteiger partial charge < -0.3 is 35.0 Å². The minimum Gasteiger partial charge on any atom is -0.494 e. The Hall–Kier alpha value is -3.70. The second kappa shape index (κ2) is 14.3. The number of aromatic hydroxyl groups is 1. The summed E-state index contributed by atoms with van der Waals surface area (Å²) < 4.78 is 0. The zero-order valence-electron chi connectivity index (χ0n) is 25.0. The van der Waals surface area contributed by atoms with Gasteiger partial charge in [-0.25, -0.2) is 9.97 Å². The number of H-pyrrole nitrogens is 1. The van der Waals surface area contributed by atoms with Crippen molar-refractivity contribution in [1.29, 1.82) is 0 Å². The quantitative estimate of drug-likeness (QED) is 0.511. The number of amides is 1. The topological polar surface area (TPSA) is 116 Å². The molecule has 1 amide bonds. The molecular weight excluding hydrogens is 518 g/mol. The monoisotopic (exact) mass is 563 g/mol. The summed E-state index contributed by atoms with van der Waals surface area (Å²) >= 11 is 0. The van der Waals surface area contributed by atoms with Crippen molar-refractivity contribution in [1.82, 2.24) is 34.6 Å². The van der Waals surface area contributed by atoms with Crippen molar-refractivity contribution in [3.05, 3.63) is 47.6 Å². The number of aromatic nitrogens is 3. The minimum absolute atomic E-state index is 0.0130. The summed E-state index contributed by atoms with van der Waals surface area (Å²) in [6.45, 7) is 13.2. The number of carbonyl (C=O) groups is 1. The average molecular weight is 564 g/mol. The van der Waals surface area contributed by atoms with Gasteiger partial charge in [0.2, 0.25) is 5.91 Å². The maximum absolute atomic E-state index is 12.7. The van der Waals surface area contributed by atoms with E-state index in [2.05, 4.69) is 61.7 Å². The van der Waals surface area contributed by atoms with E-state index in [4.69, 9.17) is 4.99 Å². The smallest absolute Gasteiger partial charge is 0.222 e. The second-order valence-electron chi connectivity index (χ2n) is 11.0. The van der Waals surface area contributed by atoms with Crippen LogP contribution in [-0.4, -0.2) is 125 Å². The highest BCUT2D eigenvalue weighted by atomic mass is 16.3. The van der Waals surface area contributed by atoms with Gasteiger partial charge >= 0.3 is 0 Å². The number of carbonyl (C=O) groups excluding carboxylic acids is 1. The van der Waals surface area contributed by atoms with Gasteiger partial charge in [0.15, 0.2) is 5.88 Å². The lowest BCUT2D eigenvalue weighted by molar-refractivity contribution is -0.130. The highest BCUT2D eigenvalue weighted by molar-refractivity contribution is 6.05. The Morgan fingerprint density at radius 2 is 1.80 bits per heavy atom. The van der Waals surface area contributed by atoms with Gasteiger partial charge in [-0.2, -0.15) is 0 Å². The molecule has 0 aromatic carbocycles. The van der Waals surface area contributed by atoms with E-state index in [0.29, 0.717) is 48.5 Å². The third-order valence-electron chi connectivity index (χ3n) is 7.83. The van der Waals surface area contributed by atoms with Crippen LogP contribution in [0.5, 0.6) is 5.88 Å². The standard InChI is InChI=1S/C30H45N9O2/c1-6-24-18-23(22(2)39-16-14-36(3)15-17-39)20-37(4)12-8-7-10-26(40)38(5)13-9-11-31-28-27-25(19-32-24)30(41)35-29(27)34-21-33-28/h6,18-19,21,41H,2,7-17,20H2,1,3-5H3,(H2,31,33,34,35)/b23-18-,24-6+,32-19?. The van der Waals surface area contributed by atoms with E-state index in [9.17, 15) is 9.90 Å². The molecule has 0 unspecified atom stereocenters. The molecule has 11 heteroatoms. The second-order valence-corrected chi connectivity index (χ2v) is 11.0. The number of aliphatic imine (C=N–C) groups is 1. The van der Waals surface area contributed by atoms with Crippen molar-refractivity contribution in [3.8, 4) is 5.88 Å². The number of rotatable bonds is 2. The Morgan fingerprint density at radius 1 is 1.02 bits per heavy atom. The molecule has 1 fully saturated rings. The lowest BCUT2D eigenvalue weighted by Crippen LogP contribution is -2.44. The largest absolute Gasteiger partial charge is 0.494 e. The number of nitrogens with one attached hydrogen (secondary N) is 2. The summed E-state index contributed by atoms with van der Waals surface area (Å²) in [6.07, 6.45) is 10.3. The van der Waals surface area contributed by atoms with E-state index in [1.807, 2.05) is 20.0 Å². The SMILES string of the molecule is C=C(/C1=C\C(=C/C)N=Cc2c(O)[nH]c3ncnc(c23)NCCCN(C)C(=O)CCCCN(C)C1)N1CCN(C)CC1. The first-order chi connectivity index (χ1) is 19.8. The van der Waals surface area contributed by atoms with Crippen molar-refractivity contribution in [2.45, 2.75) is 32.6 Å². The molecule has 0 bridgehead atoms. The molecule has 2 aliphatic rings. The third kappa shape index (κ3) is 7.95. The molecule has 1 saturated heterocycles. The minimum atomic E-state index is -0.0130. The van der Waals surface area contributed by atoms with Gasteiger partial charge in [-0.1, -0.05) is 12.7 Å². The number of allylic oxidation sites excluding steroid dienone is 2. The molecule has 222 valence electrons. The predicted octanol–water partition coefficient (Wildman–Crippen LogP) is 3.05. The van der Waals surface area contributed by atoms with Gasteiger partial charge in [-0.05, 0) is 58.5 Å². The first-order valence-corrected chi connectivity index (χ1v) is 14.5. The fourth-order valence-electron chi connectivity index (χ4n) is 5.17. The fraction of sp³-hybridized carbons (Fsp3) is 0.533. The van der Waals surface area contributed by atoms with E-state index in [1.165, 1.54) is 6.33 Å². The van der Waals surface area contributed by atoms with Crippen LogP contribution in [0.2, 0.25) is 0 Å². The molecule has 2 aromatic rings.